The van der Waals surface area contributed by atoms with Gasteiger partial charge in [-0.25, -0.2) is 9.13 Å². The highest BCUT2D eigenvalue weighted by Gasteiger charge is 2.30. The number of ether oxygens (including phenoxy) is 4. The predicted octanol–water partition coefficient (Wildman–Crippen LogP) is 21.2. The largest absolute Gasteiger partial charge is 0.472 e. The van der Waals surface area contributed by atoms with Crippen LogP contribution in [0.15, 0.2) is 97.2 Å². The van der Waals surface area contributed by atoms with Crippen LogP contribution >= 0.6 is 15.6 Å². The molecular formula is C77H134O17P2. The number of carbonyl (C=O) groups is 4. The fourth-order valence-electron chi connectivity index (χ4n) is 9.96. The minimum Gasteiger partial charge on any atom is -0.462 e. The third-order valence-corrected chi connectivity index (χ3v) is 17.5. The van der Waals surface area contributed by atoms with E-state index < -0.39 is 97.5 Å². The Morgan fingerprint density at radius 1 is 0.312 bits per heavy atom. The first-order valence-corrected chi connectivity index (χ1v) is 40.5. The standard InChI is InChI=1S/C77H134O17P2/c1-5-9-13-17-21-25-29-32-35-38-42-45-49-53-57-61-74(79)87-67-72(93-76(81)63-59-55-51-47-41-28-24-20-16-12-8-4)69-91-95(83,84)89-65-71(78)66-90-96(85,86)92-70-73(94-77(82)64-60-56-52-48-44-40-37-34-31-27-23-19-15-11-7-3)68-88-75(80)62-58-54-50-46-43-39-36-33-30-26-22-18-14-10-6-2/h10-11,14-15,22-23,26-27,33-34,36-37,43,46,54,58,71-73,78H,5-9,12-13,16-21,24-25,28-32,35,38-42,44-45,47-53,55-57,59-70H2,1-4H3,(H,83,84)(H,85,86)/b14-10-,15-11-,26-22-,27-23-,36-33-,37-34-,46-43-,58-54-. The molecule has 0 saturated heterocycles. The van der Waals surface area contributed by atoms with Crippen LogP contribution in [0, 0.1) is 0 Å². The van der Waals surface area contributed by atoms with Crippen molar-refractivity contribution in [3.05, 3.63) is 97.2 Å². The summed E-state index contributed by atoms with van der Waals surface area (Å²) in [5, 5.41) is 10.6. The summed E-state index contributed by atoms with van der Waals surface area (Å²) in [7, 11) is -9.96. The highest BCUT2D eigenvalue weighted by molar-refractivity contribution is 7.47. The first-order chi connectivity index (χ1) is 46.7. The van der Waals surface area contributed by atoms with E-state index in [0.29, 0.717) is 25.7 Å². The lowest BCUT2D eigenvalue weighted by Crippen LogP contribution is -2.30. The molecule has 0 fully saturated rings. The van der Waals surface area contributed by atoms with Crippen molar-refractivity contribution < 1.29 is 80.2 Å². The van der Waals surface area contributed by atoms with Gasteiger partial charge in [-0.1, -0.05) is 298 Å². The Balaban J connectivity index is 5.38. The van der Waals surface area contributed by atoms with Crippen LogP contribution in [-0.2, 0) is 65.4 Å². The van der Waals surface area contributed by atoms with E-state index in [2.05, 4.69) is 101 Å². The normalized spacial score (nSPS) is 14.5. The fourth-order valence-corrected chi connectivity index (χ4v) is 11.5. The van der Waals surface area contributed by atoms with Crippen LogP contribution in [0.1, 0.15) is 310 Å². The Bertz CT molecular complexity index is 2200. The SMILES string of the molecule is CC/C=C\C/C=C\C/C=C\C/C=C\C/C=C\CC(=O)OCC(COP(=O)(O)OCC(O)COP(=O)(O)OCC(COC(=O)CCCCCCCCCCCCCCCCC)OC(=O)CCCCCCCCCCCCC)OC(=O)CCCCCCC/C=C\C/C=C\C/C=C\CC. The number of unbranched alkanes of at least 4 members (excludes halogenated alkanes) is 29. The van der Waals surface area contributed by atoms with Gasteiger partial charge in [-0.2, -0.15) is 0 Å². The Labute approximate surface area is 582 Å². The number of carbonyl (C=O) groups excluding carboxylic acids is 4. The van der Waals surface area contributed by atoms with E-state index in [0.717, 1.165) is 122 Å². The fraction of sp³-hybridized carbons (Fsp3) is 0.740. The molecule has 96 heavy (non-hydrogen) atoms. The van der Waals surface area contributed by atoms with Gasteiger partial charge in [0.25, 0.3) is 0 Å². The molecule has 0 rings (SSSR count). The molecule has 554 valence electrons. The molecule has 0 aromatic rings. The smallest absolute Gasteiger partial charge is 0.462 e. The van der Waals surface area contributed by atoms with Gasteiger partial charge in [-0.15, -0.1) is 0 Å². The molecule has 3 N–H and O–H groups in total. The molecule has 5 atom stereocenters. The first kappa shape index (κ1) is 92.0. The van der Waals surface area contributed by atoms with Crippen LogP contribution in [-0.4, -0.2) is 96.7 Å². The Kier molecular flexibility index (Phi) is 66.6. The van der Waals surface area contributed by atoms with Crippen LogP contribution < -0.4 is 0 Å². The molecule has 19 heteroatoms. The second-order valence-corrected chi connectivity index (χ2v) is 27.8. The second kappa shape index (κ2) is 69.5. The molecular weight excluding hydrogens is 1260 g/mol. The van der Waals surface area contributed by atoms with E-state index in [9.17, 15) is 43.2 Å². The lowest BCUT2D eigenvalue weighted by molar-refractivity contribution is -0.161. The van der Waals surface area contributed by atoms with Gasteiger partial charge in [0.1, 0.15) is 19.3 Å². The highest BCUT2D eigenvalue weighted by Crippen LogP contribution is 2.45. The van der Waals surface area contributed by atoms with Crippen molar-refractivity contribution in [2.24, 2.45) is 0 Å². The molecule has 0 aromatic heterocycles. The van der Waals surface area contributed by atoms with Gasteiger partial charge in [0.15, 0.2) is 12.2 Å². The zero-order valence-corrected chi connectivity index (χ0v) is 62.1. The number of phosphoric ester groups is 2. The summed E-state index contributed by atoms with van der Waals surface area (Å²) in [6.07, 6.45) is 71.5. The van der Waals surface area contributed by atoms with Crippen LogP contribution in [0.2, 0.25) is 0 Å². The van der Waals surface area contributed by atoms with Crippen molar-refractivity contribution in [3.8, 4) is 0 Å². The molecule has 0 saturated carbocycles. The summed E-state index contributed by atoms with van der Waals surface area (Å²) in [5.41, 5.74) is 0. The minimum absolute atomic E-state index is 0.0560. The van der Waals surface area contributed by atoms with Crippen LogP contribution in [0.3, 0.4) is 0 Å². The zero-order chi connectivity index (χ0) is 70.4. The van der Waals surface area contributed by atoms with Gasteiger partial charge in [-0.3, -0.25) is 37.3 Å². The third-order valence-electron chi connectivity index (χ3n) is 15.6. The second-order valence-electron chi connectivity index (χ2n) is 24.9. The summed E-state index contributed by atoms with van der Waals surface area (Å²) in [5.74, 6) is -2.33. The van der Waals surface area contributed by atoms with Crippen molar-refractivity contribution in [1.29, 1.82) is 0 Å². The molecule has 5 unspecified atom stereocenters. The van der Waals surface area contributed by atoms with Crippen molar-refractivity contribution in [2.45, 2.75) is 329 Å². The van der Waals surface area contributed by atoms with Gasteiger partial charge in [0.2, 0.25) is 0 Å². The Morgan fingerprint density at radius 2 is 0.583 bits per heavy atom. The number of hydrogen-bond acceptors (Lipinski definition) is 15. The molecule has 0 radical (unpaired) electrons. The van der Waals surface area contributed by atoms with E-state index in [-0.39, 0.29) is 25.7 Å². The molecule has 0 spiro atoms. The van der Waals surface area contributed by atoms with Gasteiger partial charge in [0.05, 0.1) is 32.8 Å². The van der Waals surface area contributed by atoms with Crippen LogP contribution in [0.25, 0.3) is 0 Å². The quantitative estimate of drug-likeness (QED) is 0.0169. The zero-order valence-electron chi connectivity index (χ0n) is 60.3. The van der Waals surface area contributed by atoms with Crippen molar-refractivity contribution in [2.75, 3.05) is 39.6 Å². The number of rotatable bonds is 70. The van der Waals surface area contributed by atoms with E-state index in [4.69, 9.17) is 37.0 Å². The summed E-state index contributed by atoms with van der Waals surface area (Å²) >= 11 is 0. The van der Waals surface area contributed by atoms with Gasteiger partial charge in [-0.05, 0) is 83.5 Å². The summed E-state index contributed by atoms with van der Waals surface area (Å²) in [6.45, 7) is 4.53. The molecule has 17 nitrogen and oxygen atoms in total. The highest BCUT2D eigenvalue weighted by atomic mass is 31.2. The van der Waals surface area contributed by atoms with Crippen molar-refractivity contribution >= 4 is 39.5 Å². The minimum atomic E-state index is -4.99. The van der Waals surface area contributed by atoms with Crippen LogP contribution in [0.5, 0.6) is 0 Å². The van der Waals surface area contributed by atoms with Crippen molar-refractivity contribution in [1.82, 2.24) is 0 Å². The number of hydrogen-bond donors (Lipinski definition) is 3. The van der Waals surface area contributed by atoms with E-state index in [1.165, 1.54) is 109 Å². The number of allylic oxidation sites excluding steroid dienone is 15. The molecule has 0 aliphatic rings. The maximum atomic E-state index is 13.0. The average molecular weight is 1390 g/mol. The lowest BCUT2D eigenvalue weighted by Gasteiger charge is -2.21. The summed E-state index contributed by atoms with van der Waals surface area (Å²) in [6, 6.07) is 0. The maximum absolute atomic E-state index is 13.0. The van der Waals surface area contributed by atoms with Gasteiger partial charge < -0.3 is 33.8 Å². The van der Waals surface area contributed by atoms with Gasteiger partial charge in [0, 0.05) is 19.3 Å². The number of esters is 4. The molecule has 0 aliphatic heterocycles. The van der Waals surface area contributed by atoms with E-state index in [1.807, 2.05) is 18.2 Å². The number of phosphoric acid groups is 2. The topological polar surface area (TPSA) is 237 Å². The Morgan fingerprint density at radius 3 is 0.927 bits per heavy atom. The van der Waals surface area contributed by atoms with E-state index >= 15 is 0 Å². The monoisotopic (exact) mass is 1390 g/mol. The molecule has 0 aliphatic carbocycles. The molecule has 0 aromatic carbocycles. The summed E-state index contributed by atoms with van der Waals surface area (Å²) < 4.78 is 68.3. The Hall–Kier alpha value is -4.02. The number of aliphatic hydroxyl groups is 1. The maximum Gasteiger partial charge on any atom is 0.472 e. The number of aliphatic hydroxyl groups excluding tert-OH is 1. The molecule has 0 amide bonds. The average Bonchev–Trinajstić information content (AvgIpc) is 1.09. The molecule has 0 bridgehead atoms. The lowest BCUT2D eigenvalue weighted by atomic mass is 10.0. The first-order valence-electron chi connectivity index (χ1n) is 37.5. The summed E-state index contributed by atoms with van der Waals surface area (Å²) in [4.78, 5) is 72.7. The van der Waals surface area contributed by atoms with Crippen LogP contribution in [0.4, 0.5) is 0 Å². The third kappa shape index (κ3) is 68.5. The predicted molar refractivity (Wildman–Crippen MR) is 390 cm³/mol. The van der Waals surface area contributed by atoms with Crippen molar-refractivity contribution in [3.63, 3.8) is 0 Å². The van der Waals surface area contributed by atoms with E-state index in [1.54, 1.807) is 6.08 Å². The van der Waals surface area contributed by atoms with Gasteiger partial charge >= 0.3 is 39.5 Å². The molecule has 0 heterocycles.